The van der Waals surface area contributed by atoms with E-state index in [9.17, 15) is 4.79 Å². The quantitative estimate of drug-likeness (QED) is 0.300. The molecule has 3 heterocycles. The van der Waals surface area contributed by atoms with Crippen molar-refractivity contribution in [1.29, 1.82) is 0 Å². The number of aromatic amines is 2. The number of anilines is 1. The Morgan fingerprint density at radius 1 is 0.800 bits per heavy atom. The molecule has 1 aliphatic rings. The van der Waals surface area contributed by atoms with E-state index < -0.39 is 5.41 Å². The molecule has 30 heavy (non-hydrogen) atoms. The third-order valence-corrected chi connectivity index (χ3v) is 6.73. The lowest BCUT2D eigenvalue weighted by Crippen LogP contribution is -2.36. The fourth-order valence-corrected chi connectivity index (χ4v) is 5.55. The lowest BCUT2D eigenvalue weighted by atomic mass is 9.70. The lowest BCUT2D eigenvalue weighted by molar-refractivity contribution is -0.118. The lowest BCUT2D eigenvalue weighted by Gasteiger charge is -2.28. The van der Waals surface area contributed by atoms with Gasteiger partial charge in [-0.05, 0) is 36.8 Å². The summed E-state index contributed by atoms with van der Waals surface area (Å²) in [5, 5.41) is 5.29. The molecule has 0 aliphatic carbocycles. The number of hydrogen-bond acceptors (Lipinski definition) is 1. The Labute approximate surface area is 181 Å². The molecule has 0 atom stereocenters. The van der Waals surface area contributed by atoms with Gasteiger partial charge in [0, 0.05) is 61.0 Å². The third-order valence-electron chi connectivity index (χ3n) is 6.27. The number of amides is 1. The maximum absolute atomic E-state index is 13.9. The molecule has 5 aromatic rings. The van der Waals surface area contributed by atoms with E-state index in [0.717, 1.165) is 54.2 Å². The van der Waals surface area contributed by atoms with Crippen molar-refractivity contribution in [1.82, 2.24) is 9.97 Å². The van der Waals surface area contributed by atoms with Crippen molar-refractivity contribution in [3.63, 3.8) is 0 Å². The Bertz CT molecular complexity index is 1400. The van der Waals surface area contributed by atoms with Crippen molar-refractivity contribution in [2.75, 3.05) is 5.32 Å². The molecule has 0 fully saturated rings. The van der Waals surface area contributed by atoms with Gasteiger partial charge in [0.15, 0.2) is 0 Å². The van der Waals surface area contributed by atoms with Gasteiger partial charge in [0.25, 0.3) is 0 Å². The molecule has 0 spiro atoms. The summed E-state index contributed by atoms with van der Waals surface area (Å²) >= 11 is 3.66. The van der Waals surface area contributed by atoms with E-state index in [1.165, 1.54) is 0 Å². The van der Waals surface area contributed by atoms with Crippen molar-refractivity contribution in [3.05, 3.63) is 99.8 Å². The van der Waals surface area contributed by atoms with Gasteiger partial charge >= 0.3 is 0 Å². The fourth-order valence-electron chi connectivity index (χ4n) is 4.98. The highest BCUT2D eigenvalue weighted by molar-refractivity contribution is 9.10. The number of fused-ring (bicyclic) bond motifs is 3. The van der Waals surface area contributed by atoms with Crippen LogP contribution in [0.25, 0.3) is 21.8 Å². The van der Waals surface area contributed by atoms with Gasteiger partial charge in [-0.3, -0.25) is 4.79 Å². The second-order valence-electron chi connectivity index (χ2n) is 7.85. The first-order valence-electron chi connectivity index (χ1n) is 9.86. The molecular formula is C25H18BrN3O. The highest BCUT2D eigenvalue weighted by atomic mass is 79.9. The van der Waals surface area contributed by atoms with Crippen LogP contribution in [0, 0.1) is 6.92 Å². The predicted octanol–water partition coefficient (Wildman–Crippen LogP) is 6.01. The van der Waals surface area contributed by atoms with Crippen molar-refractivity contribution >= 4 is 49.3 Å². The molecule has 6 rings (SSSR count). The number of aromatic nitrogens is 2. The van der Waals surface area contributed by atoms with Gasteiger partial charge in [-0.25, -0.2) is 0 Å². The Morgan fingerprint density at radius 2 is 1.37 bits per heavy atom. The topological polar surface area (TPSA) is 60.7 Å². The van der Waals surface area contributed by atoms with Crippen LogP contribution in [0.3, 0.4) is 0 Å². The number of aryl methyl sites for hydroxylation is 1. The molecule has 1 aliphatic heterocycles. The van der Waals surface area contributed by atoms with Crippen molar-refractivity contribution in [3.8, 4) is 0 Å². The van der Waals surface area contributed by atoms with E-state index in [1.807, 2.05) is 61.8 Å². The first-order chi connectivity index (χ1) is 14.6. The largest absolute Gasteiger partial charge is 0.361 e. The molecule has 5 heteroatoms. The van der Waals surface area contributed by atoms with Crippen LogP contribution < -0.4 is 5.32 Å². The van der Waals surface area contributed by atoms with Crippen molar-refractivity contribution in [2.45, 2.75) is 12.3 Å². The van der Waals surface area contributed by atoms with Crippen LogP contribution in [0.15, 0.2) is 77.5 Å². The molecule has 0 unspecified atom stereocenters. The maximum atomic E-state index is 13.9. The van der Waals surface area contributed by atoms with Crippen LogP contribution in [0.2, 0.25) is 0 Å². The molecule has 2 aromatic heterocycles. The number of carbonyl (C=O) groups is 1. The zero-order valence-corrected chi connectivity index (χ0v) is 17.8. The summed E-state index contributed by atoms with van der Waals surface area (Å²) in [6, 6.07) is 20.4. The van der Waals surface area contributed by atoms with E-state index in [0.29, 0.717) is 0 Å². The number of carbonyl (C=O) groups excluding carboxylic acids is 1. The maximum Gasteiger partial charge on any atom is 0.244 e. The molecule has 3 N–H and O–H groups in total. The standard InChI is InChI=1S/C25H18BrN3O/c1-14-10-15(26)11-18-23(14)29-24(30)25(18,19-12-27-21-8-4-2-6-16(19)21)20-13-28-22-9-5-3-7-17(20)22/h2-13,27-28H,1H3,(H,29,30). The number of nitrogens with one attached hydrogen (secondary N) is 3. The zero-order valence-electron chi connectivity index (χ0n) is 16.2. The number of para-hydroxylation sites is 2. The minimum Gasteiger partial charge on any atom is -0.361 e. The van der Waals surface area contributed by atoms with Gasteiger partial charge in [-0.1, -0.05) is 52.3 Å². The van der Waals surface area contributed by atoms with Crippen LogP contribution in [0.1, 0.15) is 22.3 Å². The summed E-state index contributed by atoms with van der Waals surface area (Å²) in [7, 11) is 0. The van der Waals surface area contributed by atoms with Crippen LogP contribution in [0.5, 0.6) is 0 Å². The highest BCUT2D eigenvalue weighted by Gasteiger charge is 2.52. The zero-order chi connectivity index (χ0) is 20.5. The summed E-state index contributed by atoms with van der Waals surface area (Å²) in [6.07, 6.45) is 3.97. The summed E-state index contributed by atoms with van der Waals surface area (Å²) in [6.45, 7) is 2.03. The fraction of sp³-hybridized carbons (Fsp3) is 0.0800. The molecule has 1 amide bonds. The molecule has 4 nitrogen and oxygen atoms in total. The molecule has 0 saturated heterocycles. The molecule has 0 bridgehead atoms. The van der Waals surface area contributed by atoms with Gasteiger partial charge < -0.3 is 15.3 Å². The summed E-state index contributed by atoms with van der Waals surface area (Å²) in [5.74, 6) is -0.0341. The Hall–Kier alpha value is -3.31. The smallest absolute Gasteiger partial charge is 0.244 e. The van der Waals surface area contributed by atoms with Gasteiger partial charge in [0.05, 0.1) is 0 Å². The average Bonchev–Trinajstić information content (AvgIpc) is 3.43. The van der Waals surface area contributed by atoms with E-state index in [-0.39, 0.29) is 5.91 Å². The second-order valence-corrected chi connectivity index (χ2v) is 8.76. The number of benzene rings is 3. The number of rotatable bonds is 2. The van der Waals surface area contributed by atoms with Gasteiger partial charge in [-0.15, -0.1) is 0 Å². The minimum absolute atomic E-state index is 0.0341. The normalized spacial score (nSPS) is 14.9. The molecule has 0 saturated carbocycles. The monoisotopic (exact) mass is 455 g/mol. The first-order valence-corrected chi connectivity index (χ1v) is 10.7. The van der Waals surface area contributed by atoms with Gasteiger partial charge in [0.1, 0.15) is 5.41 Å². The second kappa shape index (κ2) is 6.09. The first kappa shape index (κ1) is 17.5. The molecular weight excluding hydrogens is 438 g/mol. The van der Waals surface area contributed by atoms with E-state index in [4.69, 9.17) is 0 Å². The van der Waals surface area contributed by atoms with Gasteiger partial charge in [0.2, 0.25) is 5.91 Å². The molecule has 0 radical (unpaired) electrons. The highest BCUT2D eigenvalue weighted by Crippen LogP contribution is 2.52. The number of hydrogen-bond donors (Lipinski definition) is 3. The Kier molecular flexibility index (Phi) is 3.56. The van der Waals surface area contributed by atoms with Crippen molar-refractivity contribution in [2.24, 2.45) is 0 Å². The number of H-pyrrole nitrogens is 2. The number of halogens is 1. The van der Waals surface area contributed by atoms with E-state index in [1.54, 1.807) is 0 Å². The van der Waals surface area contributed by atoms with E-state index in [2.05, 4.69) is 49.4 Å². The average molecular weight is 456 g/mol. The molecule has 146 valence electrons. The third kappa shape index (κ3) is 2.13. The van der Waals surface area contributed by atoms with Crippen LogP contribution in [-0.4, -0.2) is 15.9 Å². The summed E-state index contributed by atoms with van der Waals surface area (Å²) in [5.41, 5.74) is 5.86. The minimum atomic E-state index is -0.969. The predicted molar refractivity (Wildman–Crippen MR) is 124 cm³/mol. The Morgan fingerprint density at radius 3 is 1.97 bits per heavy atom. The van der Waals surface area contributed by atoms with Crippen molar-refractivity contribution < 1.29 is 4.79 Å². The van der Waals surface area contributed by atoms with Crippen LogP contribution >= 0.6 is 15.9 Å². The van der Waals surface area contributed by atoms with Crippen LogP contribution in [-0.2, 0) is 10.2 Å². The summed E-state index contributed by atoms with van der Waals surface area (Å²) < 4.78 is 0.958. The SMILES string of the molecule is Cc1cc(Br)cc2c1NC(=O)C2(c1c[nH]c2ccccc12)c1c[nH]c2ccccc12. The summed E-state index contributed by atoms with van der Waals surface area (Å²) in [4.78, 5) is 20.7. The van der Waals surface area contributed by atoms with Crippen LogP contribution in [0.4, 0.5) is 5.69 Å². The Balaban J connectivity index is 1.82. The van der Waals surface area contributed by atoms with Gasteiger partial charge in [-0.2, -0.15) is 0 Å². The molecule has 3 aromatic carbocycles. The van der Waals surface area contributed by atoms with E-state index >= 15 is 0 Å².